The monoisotopic (exact) mass is 253 g/mol. The van der Waals surface area contributed by atoms with E-state index in [2.05, 4.69) is 19.2 Å². The normalized spacial score (nSPS) is 41.8. The summed E-state index contributed by atoms with van der Waals surface area (Å²) in [6, 6.07) is 0.582. The molecule has 2 aliphatic rings. The van der Waals surface area contributed by atoms with Crippen molar-refractivity contribution < 1.29 is 5.11 Å². The van der Waals surface area contributed by atoms with Gasteiger partial charge in [0.25, 0.3) is 0 Å². The molecule has 0 aromatic rings. The molecule has 2 N–H and O–H groups in total. The molecule has 1 aliphatic carbocycles. The van der Waals surface area contributed by atoms with Crippen molar-refractivity contribution in [2.75, 3.05) is 6.54 Å². The highest BCUT2D eigenvalue weighted by Gasteiger charge is 2.36. The summed E-state index contributed by atoms with van der Waals surface area (Å²) in [5, 5.41) is 14.0. The zero-order valence-corrected chi connectivity index (χ0v) is 12.2. The van der Waals surface area contributed by atoms with Gasteiger partial charge < -0.3 is 10.4 Å². The zero-order valence-electron chi connectivity index (χ0n) is 12.2. The van der Waals surface area contributed by atoms with Gasteiger partial charge >= 0.3 is 0 Å². The lowest BCUT2D eigenvalue weighted by Crippen LogP contribution is -2.49. The van der Waals surface area contributed by atoms with Crippen molar-refractivity contribution >= 4 is 0 Å². The summed E-state index contributed by atoms with van der Waals surface area (Å²) < 4.78 is 0. The zero-order chi connectivity index (χ0) is 13.0. The largest absolute Gasteiger partial charge is 0.393 e. The van der Waals surface area contributed by atoms with Crippen LogP contribution in [-0.2, 0) is 0 Å². The van der Waals surface area contributed by atoms with Crippen LogP contribution in [0, 0.1) is 17.8 Å². The molecule has 5 unspecified atom stereocenters. The maximum atomic E-state index is 10.3. The average Bonchev–Trinajstić information content (AvgIpc) is 2.41. The maximum Gasteiger partial charge on any atom is 0.0583 e. The van der Waals surface area contributed by atoms with Crippen molar-refractivity contribution in [1.29, 1.82) is 0 Å². The lowest BCUT2D eigenvalue weighted by Gasteiger charge is -2.42. The number of hydrogen-bond donors (Lipinski definition) is 2. The summed E-state index contributed by atoms with van der Waals surface area (Å²) in [6.45, 7) is 5.75. The number of rotatable bonds is 4. The van der Waals surface area contributed by atoms with Gasteiger partial charge in [0, 0.05) is 12.0 Å². The molecule has 1 saturated heterocycles. The van der Waals surface area contributed by atoms with E-state index in [9.17, 15) is 5.11 Å². The van der Waals surface area contributed by atoms with Crippen LogP contribution in [0.3, 0.4) is 0 Å². The number of nitrogens with one attached hydrogen (secondary N) is 1. The van der Waals surface area contributed by atoms with Crippen LogP contribution in [-0.4, -0.2) is 23.8 Å². The molecule has 106 valence electrons. The Morgan fingerprint density at radius 1 is 1.06 bits per heavy atom. The minimum Gasteiger partial charge on any atom is -0.393 e. The van der Waals surface area contributed by atoms with Crippen LogP contribution in [0.2, 0.25) is 0 Å². The molecule has 0 bridgehead atoms. The van der Waals surface area contributed by atoms with Gasteiger partial charge in [-0.3, -0.25) is 0 Å². The molecule has 0 aromatic heterocycles. The standard InChI is InChI=1S/C16H31NO/c1-3-5-13-6-7-16(18)14(10-13)15-11-12(4-2)8-9-17-15/h12-18H,3-11H2,1-2H3. The van der Waals surface area contributed by atoms with E-state index in [1.807, 2.05) is 0 Å². The lowest BCUT2D eigenvalue weighted by atomic mass is 9.71. The predicted molar refractivity (Wildman–Crippen MR) is 76.6 cm³/mol. The molecule has 1 saturated carbocycles. The van der Waals surface area contributed by atoms with Crippen LogP contribution in [0.15, 0.2) is 0 Å². The fourth-order valence-electron chi connectivity index (χ4n) is 4.11. The summed E-state index contributed by atoms with van der Waals surface area (Å²) >= 11 is 0. The van der Waals surface area contributed by atoms with Gasteiger partial charge in [-0.2, -0.15) is 0 Å². The summed E-state index contributed by atoms with van der Waals surface area (Å²) in [4.78, 5) is 0. The van der Waals surface area contributed by atoms with Crippen molar-refractivity contribution in [2.24, 2.45) is 17.8 Å². The second kappa shape index (κ2) is 6.91. The molecule has 2 rings (SSSR count). The highest BCUT2D eigenvalue weighted by Crippen LogP contribution is 2.37. The van der Waals surface area contributed by atoms with E-state index in [0.29, 0.717) is 12.0 Å². The average molecular weight is 253 g/mol. The quantitative estimate of drug-likeness (QED) is 0.805. The summed E-state index contributed by atoms with van der Waals surface area (Å²) in [6.07, 6.45) is 10.1. The van der Waals surface area contributed by atoms with E-state index in [-0.39, 0.29) is 6.10 Å². The van der Waals surface area contributed by atoms with E-state index in [0.717, 1.165) is 24.8 Å². The SMILES string of the molecule is CCCC1CCC(O)C(C2CC(CC)CCN2)C1. The molecule has 1 aliphatic heterocycles. The van der Waals surface area contributed by atoms with E-state index in [1.165, 1.54) is 44.9 Å². The highest BCUT2D eigenvalue weighted by atomic mass is 16.3. The first-order valence-corrected chi connectivity index (χ1v) is 8.16. The van der Waals surface area contributed by atoms with Gasteiger partial charge in [-0.25, -0.2) is 0 Å². The van der Waals surface area contributed by atoms with Crippen LogP contribution >= 0.6 is 0 Å². The second-order valence-corrected chi connectivity index (χ2v) is 6.56. The van der Waals surface area contributed by atoms with Gasteiger partial charge in [0.2, 0.25) is 0 Å². The Hall–Kier alpha value is -0.0800. The first kappa shape index (κ1) is 14.3. The molecule has 1 heterocycles. The first-order chi connectivity index (χ1) is 8.74. The van der Waals surface area contributed by atoms with Gasteiger partial charge in [-0.05, 0) is 50.5 Å². The van der Waals surface area contributed by atoms with Gasteiger partial charge in [0.15, 0.2) is 0 Å². The molecule has 2 fully saturated rings. The predicted octanol–water partition coefficient (Wildman–Crippen LogP) is 3.34. The van der Waals surface area contributed by atoms with Gasteiger partial charge in [-0.1, -0.05) is 33.1 Å². The Morgan fingerprint density at radius 3 is 2.61 bits per heavy atom. The Labute approximate surface area is 113 Å². The minimum absolute atomic E-state index is 0.0498. The fraction of sp³-hybridized carbons (Fsp3) is 1.00. The van der Waals surface area contributed by atoms with E-state index in [4.69, 9.17) is 0 Å². The Balaban J connectivity index is 1.92. The van der Waals surface area contributed by atoms with Crippen LogP contribution < -0.4 is 5.32 Å². The molecular formula is C16H31NO. The van der Waals surface area contributed by atoms with Crippen molar-refractivity contribution in [1.82, 2.24) is 5.32 Å². The van der Waals surface area contributed by atoms with Crippen LogP contribution in [0.5, 0.6) is 0 Å². The number of hydrogen-bond acceptors (Lipinski definition) is 2. The van der Waals surface area contributed by atoms with Crippen molar-refractivity contribution in [2.45, 2.75) is 77.4 Å². The topological polar surface area (TPSA) is 32.3 Å². The third-order valence-electron chi connectivity index (χ3n) is 5.31. The molecule has 5 atom stereocenters. The molecular weight excluding hydrogens is 222 g/mol. The molecule has 18 heavy (non-hydrogen) atoms. The number of piperidine rings is 1. The number of aliphatic hydroxyl groups excluding tert-OH is 1. The molecule has 0 amide bonds. The van der Waals surface area contributed by atoms with Crippen molar-refractivity contribution in [3.63, 3.8) is 0 Å². The van der Waals surface area contributed by atoms with Crippen LogP contribution in [0.25, 0.3) is 0 Å². The van der Waals surface area contributed by atoms with Crippen LogP contribution in [0.1, 0.15) is 65.2 Å². The summed E-state index contributed by atoms with van der Waals surface area (Å²) in [5.41, 5.74) is 0. The van der Waals surface area contributed by atoms with Gasteiger partial charge in [0.05, 0.1) is 6.10 Å². The molecule has 2 nitrogen and oxygen atoms in total. The lowest BCUT2D eigenvalue weighted by molar-refractivity contribution is 0.0155. The third kappa shape index (κ3) is 3.48. The Bertz CT molecular complexity index is 243. The van der Waals surface area contributed by atoms with E-state index in [1.54, 1.807) is 0 Å². The molecule has 0 spiro atoms. The summed E-state index contributed by atoms with van der Waals surface area (Å²) in [7, 11) is 0. The maximum absolute atomic E-state index is 10.3. The Morgan fingerprint density at radius 2 is 1.89 bits per heavy atom. The molecule has 2 heteroatoms. The molecule has 0 radical (unpaired) electrons. The smallest absolute Gasteiger partial charge is 0.0583 e. The Kier molecular flexibility index (Phi) is 5.50. The van der Waals surface area contributed by atoms with E-state index < -0.39 is 0 Å². The minimum atomic E-state index is -0.0498. The van der Waals surface area contributed by atoms with Gasteiger partial charge in [-0.15, -0.1) is 0 Å². The van der Waals surface area contributed by atoms with Crippen molar-refractivity contribution in [3.05, 3.63) is 0 Å². The summed E-state index contributed by atoms with van der Waals surface area (Å²) in [5.74, 6) is 2.27. The second-order valence-electron chi connectivity index (χ2n) is 6.56. The number of aliphatic hydroxyl groups is 1. The fourth-order valence-corrected chi connectivity index (χ4v) is 4.11. The third-order valence-corrected chi connectivity index (χ3v) is 5.31. The van der Waals surface area contributed by atoms with Gasteiger partial charge in [0.1, 0.15) is 0 Å². The highest BCUT2D eigenvalue weighted by molar-refractivity contribution is 4.91. The van der Waals surface area contributed by atoms with E-state index >= 15 is 0 Å². The van der Waals surface area contributed by atoms with Crippen molar-refractivity contribution in [3.8, 4) is 0 Å². The van der Waals surface area contributed by atoms with Crippen LogP contribution in [0.4, 0.5) is 0 Å². The first-order valence-electron chi connectivity index (χ1n) is 8.16. The molecule has 0 aromatic carbocycles.